The van der Waals surface area contributed by atoms with Crippen molar-refractivity contribution in [2.24, 2.45) is 0 Å². The number of benzene rings is 2. The van der Waals surface area contributed by atoms with Gasteiger partial charge in [-0.1, -0.05) is 48.0 Å². The Hall–Kier alpha value is -1.49. The van der Waals surface area contributed by atoms with Crippen molar-refractivity contribution in [2.45, 2.75) is 18.0 Å². The maximum absolute atomic E-state index is 11.8. The first-order valence-corrected chi connectivity index (χ1v) is 7.88. The highest BCUT2D eigenvalue weighted by molar-refractivity contribution is 8.00. The normalized spacial score (nSPS) is 10.4. The molecule has 2 aromatic carbocycles. The summed E-state index contributed by atoms with van der Waals surface area (Å²) in [6.07, 6.45) is 0. The van der Waals surface area contributed by atoms with Crippen LogP contribution in [0.25, 0.3) is 0 Å². The van der Waals surface area contributed by atoms with Crippen LogP contribution < -0.4 is 5.32 Å². The summed E-state index contributed by atoms with van der Waals surface area (Å²) in [6.45, 7) is 0.458. The minimum Gasteiger partial charge on any atom is -0.392 e. The molecule has 0 bridgehead atoms. The largest absolute Gasteiger partial charge is 0.392 e. The van der Waals surface area contributed by atoms with Gasteiger partial charge in [-0.3, -0.25) is 4.79 Å². The van der Waals surface area contributed by atoms with Gasteiger partial charge in [-0.25, -0.2) is 0 Å². The van der Waals surface area contributed by atoms with Crippen LogP contribution in [0.5, 0.6) is 0 Å². The lowest BCUT2D eigenvalue weighted by Crippen LogP contribution is -2.24. The molecule has 0 radical (unpaired) electrons. The van der Waals surface area contributed by atoms with Gasteiger partial charge in [0.1, 0.15) is 0 Å². The molecule has 0 aliphatic rings. The monoisotopic (exact) mass is 321 g/mol. The number of carbonyl (C=O) groups excluding carboxylic acids is 1. The summed E-state index contributed by atoms with van der Waals surface area (Å²) in [7, 11) is 0. The Kier molecular flexibility index (Phi) is 6.11. The van der Waals surface area contributed by atoms with Gasteiger partial charge in [-0.2, -0.15) is 0 Å². The van der Waals surface area contributed by atoms with E-state index < -0.39 is 0 Å². The van der Waals surface area contributed by atoms with Crippen LogP contribution in [-0.4, -0.2) is 16.8 Å². The van der Waals surface area contributed by atoms with Gasteiger partial charge < -0.3 is 10.4 Å². The molecule has 0 aliphatic heterocycles. The Balaban J connectivity index is 1.81. The third kappa shape index (κ3) is 5.08. The molecular weight excluding hydrogens is 306 g/mol. The first-order chi connectivity index (χ1) is 10.2. The van der Waals surface area contributed by atoms with E-state index in [1.165, 1.54) is 11.8 Å². The number of carbonyl (C=O) groups is 1. The molecule has 1 amide bonds. The molecule has 110 valence electrons. The van der Waals surface area contributed by atoms with Crippen molar-refractivity contribution in [3.63, 3.8) is 0 Å². The third-order valence-electron chi connectivity index (χ3n) is 2.86. The van der Waals surface area contributed by atoms with E-state index in [1.807, 2.05) is 48.5 Å². The quantitative estimate of drug-likeness (QED) is 0.803. The highest BCUT2D eigenvalue weighted by Crippen LogP contribution is 2.26. The van der Waals surface area contributed by atoms with Crippen LogP contribution in [0, 0.1) is 0 Å². The predicted molar refractivity (Wildman–Crippen MR) is 86.4 cm³/mol. The molecule has 0 aliphatic carbocycles. The molecular formula is C16H16ClNO2S. The Bertz CT molecular complexity index is 619. The van der Waals surface area contributed by atoms with Gasteiger partial charge in [-0.15, -0.1) is 11.8 Å². The molecule has 0 aromatic heterocycles. The topological polar surface area (TPSA) is 49.3 Å². The van der Waals surface area contributed by atoms with Crippen LogP contribution in [0.2, 0.25) is 5.02 Å². The summed E-state index contributed by atoms with van der Waals surface area (Å²) in [5.74, 6) is 0.276. The van der Waals surface area contributed by atoms with Crippen molar-refractivity contribution in [2.75, 3.05) is 5.75 Å². The maximum Gasteiger partial charge on any atom is 0.230 e. The van der Waals surface area contributed by atoms with Gasteiger partial charge >= 0.3 is 0 Å². The summed E-state index contributed by atoms with van der Waals surface area (Å²) in [5.41, 5.74) is 1.81. The number of rotatable bonds is 6. The average molecular weight is 322 g/mol. The summed E-state index contributed by atoms with van der Waals surface area (Å²) < 4.78 is 0. The molecule has 5 heteroatoms. The zero-order valence-electron chi connectivity index (χ0n) is 11.4. The van der Waals surface area contributed by atoms with E-state index in [9.17, 15) is 4.79 Å². The second-order valence-corrected chi connectivity index (χ2v) is 5.90. The minimum absolute atomic E-state index is 0.00411. The fraction of sp³-hybridized carbons (Fsp3) is 0.188. The van der Waals surface area contributed by atoms with Gasteiger partial charge in [0.05, 0.1) is 17.4 Å². The van der Waals surface area contributed by atoms with Crippen LogP contribution in [0.15, 0.2) is 53.4 Å². The molecule has 0 fully saturated rings. The number of nitrogens with one attached hydrogen (secondary N) is 1. The van der Waals surface area contributed by atoms with Crippen molar-refractivity contribution in [1.29, 1.82) is 0 Å². The van der Waals surface area contributed by atoms with Crippen LogP contribution in [-0.2, 0) is 17.9 Å². The Labute approximate surface area is 133 Å². The van der Waals surface area contributed by atoms with Crippen molar-refractivity contribution in [3.8, 4) is 0 Å². The van der Waals surface area contributed by atoms with Gasteiger partial charge in [0, 0.05) is 11.4 Å². The van der Waals surface area contributed by atoms with Crippen LogP contribution >= 0.6 is 23.4 Å². The number of hydrogen-bond donors (Lipinski definition) is 2. The lowest BCUT2D eigenvalue weighted by molar-refractivity contribution is -0.118. The molecule has 0 atom stereocenters. The van der Waals surface area contributed by atoms with Gasteiger partial charge in [-0.05, 0) is 23.3 Å². The van der Waals surface area contributed by atoms with Gasteiger partial charge in [0.2, 0.25) is 5.91 Å². The van der Waals surface area contributed by atoms with E-state index >= 15 is 0 Å². The first kappa shape index (κ1) is 15.9. The second kappa shape index (κ2) is 8.08. The Morgan fingerprint density at radius 2 is 1.90 bits per heavy atom. The average Bonchev–Trinajstić information content (AvgIpc) is 2.52. The van der Waals surface area contributed by atoms with Crippen LogP contribution in [0.4, 0.5) is 0 Å². The van der Waals surface area contributed by atoms with Crippen molar-refractivity contribution < 1.29 is 9.90 Å². The summed E-state index contributed by atoms with van der Waals surface area (Å²) in [6, 6.07) is 15.0. The SMILES string of the molecule is O=C(CSc1ccccc1Cl)NCc1cccc(CO)c1. The van der Waals surface area contributed by atoms with E-state index in [-0.39, 0.29) is 12.5 Å². The number of amides is 1. The van der Waals surface area contributed by atoms with Gasteiger partial charge in [0.15, 0.2) is 0 Å². The number of aliphatic hydroxyl groups excluding tert-OH is 1. The second-order valence-electron chi connectivity index (χ2n) is 4.47. The molecule has 2 aromatic rings. The fourth-order valence-corrected chi connectivity index (χ4v) is 2.86. The molecule has 2 rings (SSSR count). The number of aliphatic hydroxyl groups is 1. The van der Waals surface area contributed by atoms with Gasteiger partial charge in [0.25, 0.3) is 0 Å². The summed E-state index contributed by atoms with van der Waals surface area (Å²) in [4.78, 5) is 12.7. The van der Waals surface area contributed by atoms with Crippen molar-refractivity contribution in [1.82, 2.24) is 5.32 Å². The number of hydrogen-bond acceptors (Lipinski definition) is 3. The number of thioether (sulfide) groups is 1. The zero-order chi connectivity index (χ0) is 15.1. The number of halogens is 1. The molecule has 0 saturated heterocycles. The smallest absolute Gasteiger partial charge is 0.230 e. The fourth-order valence-electron chi connectivity index (χ4n) is 1.79. The highest BCUT2D eigenvalue weighted by atomic mass is 35.5. The lowest BCUT2D eigenvalue weighted by Gasteiger charge is -2.07. The Morgan fingerprint density at radius 3 is 2.67 bits per heavy atom. The molecule has 0 heterocycles. The van der Waals surface area contributed by atoms with Crippen LogP contribution in [0.3, 0.4) is 0 Å². The first-order valence-electron chi connectivity index (χ1n) is 6.52. The molecule has 0 saturated carbocycles. The van der Waals surface area contributed by atoms with Crippen molar-refractivity contribution in [3.05, 3.63) is 64.7 Å². The Morgan fingerprint density at radius 1 is 1.14 bits per heavy atom. The molecule has 2 N–H and O–H groups in total. The molecule has 0 spiro atoms. The minimum atomic E-state index is -0.0469. The zero-order valence-corrected chi connectivity index (χ0v) is 13.0. The molecule has 3 nitrogen and oxygen atoms in total. The van der Waals surface area contributed by atoms with Crippen LogP contribution in [0.1, 0.15) is 11.1 Å². The van der Waals surface area contributed by atoms with E-state index in [1.54, 1.807) is 0 Å². The van der Waals surface area contributed by atoms with E-state index in [4.69, 9.17) is 16.7 Å². The standard InChI is InChI=1S/C16H16ClNO2S/c17-14-6-1-2-7-15(14)21-11-16(20)18-9-12-4-3-5-13(8-12)10-19/h1-8,19H,9-11H2,(H,18,20). The van der Waals surface area contributed by atoms with E-state index in [0.29, 0.717) is 17.3 Å². The highest BCUT2D eigenvalue weighted by Gasteiger charge is 2.05. The van der Waals surface area contributed by atoms with E-state index in [2.05, 4.69) is 5.32 Å². The molecule has 21 heavy (non-hydrogen) atoms. The summed E-state index contributed by atoms with van der Waals surface area (Å²) >= 11 is 7.45. The summed E-state index contributed by atoms with van der Waals surface area (Å²) in [5, 5.41) is 12.6. The third-order valence-corrected chi connectivity index (χ3v) is 4.37. The maximum atomic E-state index is 11.8. The van der Waals surface area contributed by atoms with Crippen molar-refractivity contribution >= 4 is 29.3 Å². The van der Waals surface area contributed by atoms with E-state index in [0.717, 1.165) is 16.0 Å². The lowest BCUT2D eigenvalue weighted by atomic mass is 10.1. The molecule has 0 unspecified atom stereocenters. The predicted octanol–water partition coefficient (Wildman–Crippen LogP) is 3.24.